The van der Waals surface area contributed by atoms with Crippen LogP contribution in [-0.4, -0.2) is 37.2 Å². The molecule has 6 heteroatoms. The molecule has 0 aromatic rings. The fraction of sp³-hybridized carbons (Fsp3) is 0.930. The van der Waals surface area contributed by atoms with Crippen LogP contribution in [0, 0.1) is 0 Å². The SMILES string of the molecule is CCCCCCCCCCCCCCCCC(=O)O[C@H](COC(=O)CCCCCCC)COC(=O)CCCCCCCCCCCCCC. The van der Waals surface area contributed by atoms with Crippen molar-refractivity contribution in [2.45, 2.75) is 245 Å². The number of carbonyl (C=O) groups excluding carboxylic acids is 3. The minimum atomic E-state index is -0.755. The molecule has 0 bridgehead atoms. The molecule has 0 spiro atoms. The second-order valence-corrected chi connectivity index (χ2v) is 14.6. The van der Waals surface area contributed by atoms with Gasteiger partial charge >= 0.3 is 17.9 Å². The molecular weight excluding hydrogens is 612 g/mol. The number of carbonyl (C=O) groups is 3. The first-order valence-corrected chi connectivity index (χ1v) is 21.5. The Morgan fingerprint density at radius 1 is 0.327 bits per heavy atom. The number of ether oxygens (including phenoxy) is 3. The van der Waals surface area contributed by atoms with Gasteiger partial charge in [-0.3, -0.25) is 14.4 Å². The summed E-state index contributed by atoms with van der Waals surface area (Å²) in [5.74, 6) is -0.869. The highest BCUT2D eigenvalue weighted by molar-refractivity contribution is 5.71. The van der Waals surface area contributed by atoms with E-state index < -0.39 is 6.10 Å². The summed E-state index contributed by atoms with van der Waals surface area (Å²) in [4.78, 5) is 37.3. The lowest BCUT2D eigenvalue weighted by Gasteiger charge is -2.18. The van der Waals surface area contributed by atoms with Crippen LogP contribution >= 0.6 is 0 Å². The van der Waals surface area contributed by atoms with Gasteiger partial charge in [0.25, 0.3) is 0 Å². The summed E-state index contributed by atoms with van der Waals surface area (Å²) in [6, 6.07) is 0. The summed E-state index contributed by atoms with van der Waals surface area (Å²) < 4.78 is 16.6. The van der Waals surface area contributed by atoms with E-state index in [1.807, 2.05) is 0 Å². The Balaban J connectivity index is 4.21. The molecule has 0 unspecified atom stereocenters. The Kier molecular flexibility index (Phi) is 37.9. The van der Waals surface area contributed by atoms with E-state index in [9.17, 15) is 14.4 Å². The molecule has 0 aromatic carbocycles. The fourth-order valence-electron chi connectivity index (χ4n) is 6.32. The lowest BCUT2D eigenvalue weighted by Crippen LogP contribution is -2.30. The maximum atomic E-state index is 12.6. The Labute approximate surface area is 304 Å². The second-order valence-electron chi connectivity index (χ2n) is 14.6. The van der Waals surface area contributed by atoms with E-state index in [4.69, 9.17) is 14.2 Å². The third kappa shape index (κ3) is 37.5. The van der Waals surface area contributed by atoms with Gasteiger partial charge in [0.15, 0.2) is 6.10 Å². The van der Waals surface area contributed by atoms with Crippen molar-refractivity contribution in [1.29, 1.82) is 0 Å². The molecule has 0 amide bonds. The van der Waals surface area contributed by atoms with Gasteiger partial charge in [0, 0.05) is 19.3 Å². The largest absolute Gasteiger partial charge is 0.462 e. The van der Waals surface area contributed by atoms with Crippen LogP contribution in [0.3, 0.4) is 0 Å². The summed E-state index contributed by atoms with van der Waals surface area (Å²) >= 11 is 0. The first-order valence-electron chi connectivity index (χ1n) is 21.5. The molecule has 6 nitrogen and oxygen atoms in total. The minimum absolute atomic E-state index is 0.0641. The molecule has 0 fully saturated rings. The third-order valence-corrected chi connectivity index (χ3v) is 9.61. The number of esters is 3. The molecule has 0 N–H and O–H groups in total. The number of rotatable bonds is 39. The van der Waals surface area contributed by atoms with Gasteiger partial charge in [-0.1, -0.05) is 201 Å². The molecular formula is C43H82O6. The number of unbranched alkanes of at least 4 members (excludes halogenated alkanes) is 28. The van der Waals surface area contributed by atoms with Crippen LogP contribution in [0.5, 0.6) is 0 Å². The molecule has 49 heavy (non-hydrogen) atoms. The van der Waals surface area contributed by atoms with Crippen molar-refractivity contribution in [1.82, 2.24) is 0 Å². The molecule has 0 aliphatic carbocycles. The summed E-state index contributed by atoms with van der Waals surface area (Å²) in [6.07, 6.45) is 38.2. The number of hydrogen-bond acceptors (Lipinski definition) is 6. The van der Waals surface area contributed by atoms with Gasteiger partial charge in [-0.2, -0.15) is 0 Å². The molecule has 1 atom stereocenters. The second kappa shape index (κ2) is 39.2. The lowest BCUT2D eigenvalue weighted by molar-refractivity contribution is -0.167. The van der Waals surface area contributed by atoms with E-state index in [2.05, 4.69) is 20.8 Å². The Morgan fingerprint density at radius 2 is 0.551 bits per heavy atom. The standard InChI is InChI=1S/C43H82O6/c1-4-7-10-13-15-17-19-21-22-24-26-28-31-34-37-43(46)49-40(38-47-41(44)35-32-29-12-9-6-3)39-48-42(45)36-33-30-27-25-23-20-18-16-14-11-8-5-2/h40H,4-39H2,1-3H3/t40-/m1/s1. The van der Waals surface area contributed by atoms with E-state index in [0.29, 0.717) is 19.3 Å². The normalized spacial score (nSPS) is 11.8. The van der Waals surface area contributed by atoms with Crippen molar-refractivity contribution in [2.75, 3.05) is 13.2 Å². The molecule has 0 aliphatic rings. The first-order chi connectivity index (χ1) is 24.0. The summed E-state index contributed by atoms with van der Waals surface area (Å²) in [6.45, 7) is 6.56. The highest BCUT2D eigenvalue weighted by Crippen LogP contribution is 2.15. The Bertz CT molecular complexity index is 723. The van der Waals surface area contributed by atoms with Gasteiger partial charge in [0.2, 0.25) is 0 Å². The monoisotopic (exact) mass is 695 g/mol. The maximum absolute atomic E-state index is 12.6. The van der Waals surface area contributed by atoms with E-state index in [1.54, 1.807) is 0 Å². The summed E-state index contributed by atoms with van der Waals surface area (Å²) in [5.41, 5.74) is 0. The van der Waals surface area contributed by atoms with Gasteiger partial charge in [0.1, 0.15) is 13.2 Å². The van der Waals surface area contributed by atoms with E-state index in [1.165, 1.54) is 135 Å². The predicted molar refractivity (Wildman–Crippen MR) is 206 cm³/mol. The zero-order chi connectivity index (χ0) is 35.9. The van der Waals surface area contributed by atoms with Gasteiger partial charge in [0.05, 0.1) is 0 Å². The molecule has 0 heterocycles. The van der Waals surface area contributed by atoms with Gasteiger partial charge in [-0.25, -0.2) is 0 Å². The number of hydrogen-bond donors (Lipinski definition) is 0. The van der Waals surface area contributed by atoms with Gasteiger partial charge in [-0.05, 0) is 19.3 Å². The quantitative estimate of drug-likeness (QED) is 0.0362. The van der Waals surface area contributed by atoms with Crippen molar-refractivity contribution in [3.63, 3.8) is 0 Å². The predicted octanol–water partition coefficient (Wildman–Crippen LogP) is 13.3. The molecule has 290 valence electrons. The zero-order valence-corrected chi connectivity index (χ0v) is 33.0. The third-order valence-electron chi connectivity index (χ3n) is 9.61. The van der Waals surface area contributed by atoms with Crippen LogP contribution in [0.4, 0.5) is 0 Å². The molecule has 0 rings (SSSR count). The van der Waals surface area contributed by atoms with Crippen molar-refractivity contribution < 1.29 is 28.6 Å². The maximum Gasteiger partial charge on any atom is 0.306 e. The van der Waals surface area contributed by atoms with Crippen molar-refractivity contribution >= 4 is 17.9 Å². The van der Waals surface area contributed by atoms with Crippen molar-refractivity contribution in [3.8, 4) is 0 Å². The van der Waals surface area contributed by atoms with Crippen LogP contribution in [-0.2, 0) is 28.6 Å². The molecule has 0 saturated carbocycles. The van der Waals surface area contributed by atoms with Crippen LogP contribution in [0.2, 0.25) is 0 Å². The minimum Gasteiger partial charge on any atom is -0.462 e. The first kappa shape index (κ1) is 47.4. The molecule has 0 aliphatic heterocycles. The van der Waals surface area contributed by atoms with Crippen LogP contribution in [0.25, 0.3) is 0 Å². The average Bonchev–Trinajstić information content (AvgIpc) is 3.09. The van der Waals surface area contributed by atoms with Crippen molar-refractivity contribution in [2.24, 2.45) is 0 Å². The topological polar surface area (TPSA) is 78.9 Å². The van der Waals surface area contributed by atoms with Crippen LogP contribution < -0.4 is 0 Å². The van der Waals surface area contributed by atoms with Gasteiger partial charge < -0.3 is 14.2 Å². The van der Waals surface area contributed by atoms with Crippen molar-refractivity contribution in [3.05, 3.63) is 0 Å². The van der Waals surface area contributed by atoms with E-state index >= 15 is 0 Å². The molecule has 0 saturated heterocycles. The smallest absolute Gasteiger partial charge is 0.306 e. The highest BCUT2D eigenvalue weighted by Gasteiger charge is 2.19. The summed E-state index contributed by atoms with van der Waals surface area (Å²) in [7, 11) is 0. The molecule has 0 aromatic heterocycles. The lowest BCUT2D eigenvalue weighted by atomic mass is 10.0. The van der Waals surface area contributed by atoms with Crippen LogP contribution in [0.1, 0.15) is 239 Å². The van der Waals surface area contributed by atoms with E-state index in [0.717, 1.165) is 64.2 Å². The zero-order valence-electron chi connectivity index (χ0n) is 33.0. The average molecular weight is 695 g/mol. The highest BCUT2D eigenvalue weighted by atomic mass is 16.6. The van der Waals surface area contributed by atoms with E-state index in [-0.39, 0.29) is 31.1 Å². The fourth-order valence-corrected chi connectivity index (χ4v) is 6.32. The Morgan fingerprint density at radius 3 is 0.816 bits per heavy atom. The molecule has 0 radical (unpaired) electrons. The Hall–Kier alpha value is -1.59. The van der Waals surface area contributed by atoms with Gasteiger partial charge in [-0.15, -0.1) is 0 Å². The van der Waals surface area contributed by atoms with Crippen LogP contribution in [0.15, 0.2) is 0 Å². The summed E-state index contributed by atoms with van der Waals surface area (Å²) in [5, 5.41) is 0.